The monoisotopic (exact) mass is 815 g/mol. The van der Waals surface area contributed by atoms with Crippen molar-refractivity contribution in [2.45, 2.75) is 139 Å². The van der Waals surface area contributed by atoms with Crippen LogP contribution in [0.4, 0.5) is 8.78 Å². The number of ether oxygens (including phenoxy) is 1. The average molecular weight is 815 g/mol. The Bertz CT molecular complexity index is 2000. The molecule has 3 aliphatic rings. The Labute approximate surface area is 352 Å². The van der Waals surface area contributed by atoms with Gasteiger partial charge >= 0.3 is 0 Å². The van der Waals surface area contributed by atoms with E-state index in [4.69, 9.17) is 9.73 Å². The molecule has 0 bridgehead atoms. The number of carbonyl (C=O) groups is 1. The van der Waals surface area contributed by atoms with Crippen LogP contribution in [-0.4, -0.2) is 59.1 Å². The summed E-state index contributed by atoms with van der Waals surface area (Å²) in [5.41, 5.74) is 3.55. The molecule has 2 aliphatic heterocycles. The molecular weight excluding hydrogens is 747 g/mol. The number of hydrogen-bond acceptors (Lipinski definition) is 7. The van der Waals surface area contributed by atoms with Gasteiger partial charge in [-0.25, -0.2) is 13.8 Å². The van der Waals surface area contributed by atoms with Crippen LogP contribution in [0.2, 0.25) is 0 Å². The Morgan fingerprint density at radius 3 is 2.45 bits per heavy atom. The number of halogens is 2. The Kier molecular flexibility index (Phi) is 16.9. The zero-order valence-corrected chi connectivity index (χ0v) is 37.9. The summed E-state index contributed by atoms with van der Waals surface area (Å²) in [6.07, 6.45) is 14.2. The molecule has 2 saturated heterocycles. The van der Waals surface area contributed by atoms with Gasteiger partial charge in [-0.05, 0) is 125 Å². The molecule has 0 N–H and O–H groups in total. The highest BCUT2D eigenvalue weighted by Gasteiger charge is 2.47. The first-order valence-electron chi connectivity index (χ1n) is 21.6. The molecule has 9 heteroatoms. The molecule has 0 amide bonds. The number of benzene rings is 1. The first kappa shape index (κ1) is 46.8. The lowest BCUT2D eigenvalue weighted by molar-refractivity contribution is -0.112. The van der Waals surface area contributed by atoms with E-state index in [9.17, 15) is 10.1 Å². The number of aliphatic imine (C=N–C) groups is 1. The lowest BCUT2D eigenvalue weighted by atomic mass is 9.88. The fraction of sp³-hybridized carbons (Fsp3) is 0.571. The molecule has 0 radical (unpaired) electrons. The maximum absolute atomic E-state index is 16.9. The van der Waals surface area contributed by atoms with E-state index >= 15 is 8.78 Å². The van der Waals surface area contributed by atoms with E-state index in [1.54, 1.807) is 18.2 Å². The van der Waals surface area contributed by atoms with Gasteiger partial charge in [0.25, 0.3) is 0 Å². The number of hydrogen-bond donors (Lipinski definition) is 0. The van der Waals surface area contributed by atoms with Crippen molar-refractivity contribution in [3.8, 4) is 6.07 Å². The number of nitrogens with zero attached hydrogens (tertiary/aromatic N) is 4. The van der Waals surface area contributed by atoms with Crippen LogP contribution in [0, 0.1) is 34.9 Å². The fourth-order valence-corrected chi connectivity index (χ4v) is 10.1. The van der Waals surface area contributed by atoms with Crippen LogP contribution in [0.15, 0.2) is 71.0 Å². The Morgan fingerprint density at radius 1 is 1.16 bits per heavy atom. The second-order valence-electron chi connectivity index (χ2n) is 17.3. The number of rotatable bonds is 16. The molecule has 0 spiro atoms. The number of nitriles is 1. The van der Waals surface area contributed by atoms with Gasteiger partial charge in [-0.2, -0.15) is 5.26 Å². The minimum atomic E-state index is -0.425. The standard InChI is InChI=1S/C45H62F2N4OS.C4H6O/c1-11-15-41(52-27-45-20-14-21-50(45)26-31(9)24-45)49-39-23-35(33-17-18-37(46)44-42(33)36(25-48)43(53-44)29(6)7)38(47)22-34(39)32(10)51(13-3)40(28(4)5)19-16-30(8)12-2;1-3-4(2)5/h15,17-18,22-23,28-31,40H,11-14,16,19-21,24,26-27H2,1-10H3;3H,1H2,2H3/b34-32+,41-15-,49-39-;. The van der Waals surface area contributed by atoms with Gasteiger partial charge in [-0.3, -0.25) is 9.69 Å². The molecule has 1 aromatic carbocycles. The molecule has 1 aliphatic carbocycles. The first-order valence-corrected chi connectivity index (χ1v) is 22.4. The van der Waals surface area contributed by atoms with Crippen molar-refractivity contribution in [1.29, 1.82) is 5.26 Å². The van der Waals surface area contributed by atoms with E-state index in [0.29, 0.717) is 62.7 Å². The van der Waals surface area contributed by atoms with Crippen molar-refractivity contribution in [2.75, 3.05) is 26.2 Å². The van der Waals surface area contributed by atoms with E-state index < -0.39 is 11.6 Å². The summed E-state index contributed by atoms with van der Waals surface area (Å²) >= 11 is 1.29. The molecule has 3 heterocycles. The summed E-state index contributed by atoms with van der Waals surface area (Å²) < 4.78 is 39.3. The van der Waals surface area contributed by atoms with E-state index in [1.165, 1.54) is 36.8 Å². The van der Waals surface area contributed by atoms with Crippen LogP contribution >= 0.6 is 11.3 Å². The van der Waals surface area contributed by atoms with Gasteiger partial charge < -0.3 is 9.64 Å². The van der Waals surface area contributed by atoms with Crippen LogP contribution in [0.3, 0.4) is 0 Å². The molecule has 2 fully saturated rings. The van der Waals surface area contributed by atoms with Crippen LogP contribution < -0.4 is 0 Å². The third-order valence-electron chi connectivity index (χ3n) is 12.2. The SMILES string of the molecule is C=CC(C)=O.CC/C=C(/N=C1/C=C(c2ccc(F)c3sc(C(C)C)c(C#N)c23)C(F)=C/C1=C(/C)N(CC)C(CCC(C)CC)C(C)C)OCC12CCCN1CC(C)C2. The fourth-order valence-electron chi connectivity index (χ4n) is 8.93. The summed E-state index contributed by atoms with van der Waals surface area (Å²) in [6, 6.07) is 5.62. The van der Waals surface area contributed by atoms with Crippen molar-refractivity contribution >= 4 is 38.5 Å². The van der Waals surface area contributed by atoms with Gasteiger partial charge in [-0.15, -0.1) is 11.3 Å². The number of allylic oxidation sites excluding steroid dienone is 8. The Balaban J connectivity index is 0.00000140. The quantitative estimate of drug-likeness (QED) is 0.125. The third kappa shape index (κ3) is 10.6. The molecular formula is C49H68F2N4O2S. The van der Waals surface area contributed by atoms with Gasteiger partial charge in [0.1, 0.15) is 24.3 Å². The predicted molar refractivity (Wildman–Crippen MR) is 240 cm³/mol. The lowest BCUT2D eigenvalue weighted by Crippen LogP contribution is -2.42. The third-order valence-corrected chi connectivity index (χ3v) is 13.7. The van der Waals surface area contributed by atoms with Crippen LogP contribution in [0.1, 0.15) is 143 Å². The number of fused-ring (bicyclic) bond motifs is 2. The van der Waals surface area contributed by atoms with Crippen LogP contribution in [0.25, 0.3) is 15.7 Å². The van der Waals surface area contributed by atoms with Crippen LogP contribution in [-0.2, 0) is 9.53 Å². The van der Waals surface area contributed by atoms with Crippen LogP contribution in [0.5, 0.6) is 0 Å². The summed E-state index contributed by atoms with van der Waals surface area (Å²) in [4.78, 5) is 20.8. The first-order chi connectivity index (χ1) is 27.6. The normalized spacial score (nSPS) is 22.3. The molecule has 58 heavy (non-hydrogen) atoms. The molecule has 4 atom stereocenters. The van der Waals surface area contributed by atoms with Gasteiger partial charge in [0.2, 0.25) is 5.88 Å². The van der Waals surface area contributed by atoms with Crippen molar-refractivity contribution in [3.05, 3.63) is 87.8 Å². The minimum Gasteiger partial charge on any atom is -0.476 e. The van der Waals surface area contributed by atoms with E-state index in [-0.39, 0.29) is 23.3 Å². The molecule has 0 saturated carbocycles. The average Bonchev–Trinajstić information content (AvgIpc) is 3.86. The minimum absolute atomic E-state index is 0.0185. The molecule has 2 aromatic rings. The highest BCUT2D eigenvalue weighted by molar-refractivity contribution is 7.19. The number of carbonyl (C=O) groups excluding carboxylic acids is 1. The van der Waals surface area contributed by atoms with Crippen molar-refractivity contribution in [2.24, 2.45) is 22.7 Å². The van der Waals surface area contributed by atoms with Crippen molar-refractivity contribution < 1.29 is 18.3 Å². The number of thiophene rings is 1. The maximum atomic E-state index is 16.9. The Hall–Kier alpha value is -3.87. The van der Waals surface area contributed by atoms with E-state index in [1.807, 2.05) is 19.9 Å². The molecule has 4 unspecified atom stereocenters. The summed E-state index contributed by atoms with van der Waals surface area (Å²) in [7, 11) is 0. The van der Waals surface area contributed by atoms with Crippen molar-refractivity contribution in [1.82, 2.24) is 9.80 Å². The highest BCUT2D eigenvalue weighted by atomic mass is 32.1. The topological polar surface area (TPSA) is 68.9 Å². The second-order valence-corrected chi connectivity index (χ2v) is 18.3. The zero-order chi connectivity index (χ0) is 42.9. The summed E-state index contributed by atoms with van der Waals surface area (Å²) in [6.45, 7) is 30.0. The maximum Gasteiger partial charge on any atom is 0.209 e. The van der Waals surface area contributed by atoms with Gasteiger partial charge in [-0.1, -0.05) is 74.5 Å². The smallest absolute Gasteiger partial charge is 0.209 e. The van der Waals surface area contributed by atoms with Gasteiger partial charge in [0.05, 0.1) is 21.5 Å². The highest BCUT2D eigenvalue weighted by Crippen LogP contribution is 2.45. The Morgan fingerprint density at radius 2 is 1.86 bits per heavy atom. The summed E-state index contributed by atoms with van der Waals surface area (Å²) in [5.74, 6) is 1.42. The second kappa shape index (κ2) is 20.9. The molecule has 6 nitrogen and oxygen atoms in total. The van der Waals surface area contributed by atoms with Gasteiger partial charge in [0.15, 0.2) is 5.78 Å². The zero-order valence-electron chi connectivity index (χ0n) is 37.1. The molecule has 1 aromatic heterocycles. The predicted octanol–water partition coefficient (Wildman–Crippen LogP) is 13.1. The molecule has 5 rings (SSSR count). The lowest BCUT2D eigenvalue weighted by Gasteiger charge is -2.38. The van der Waals surface area contributed by atoms with E-state index in [0.717, 1.165) is 74.3 Å². The number of ketones is 1. The van der Waals surface area contributed by atoms with E-state index in [2.05, 4.69) is 77.8 Å². The summed E-state index contributed by atoms with van der Waals surface area (Å²) in [5, 5.41) is 10.8. The largest absolute Gasteiger partial charge is 0.476 e. The van der Waals surface area contributed by atoms with Crippen molar-refractivity contribution in [3.63, 3.8) is 0 Å². The molecule has 316 valence electrons. The van der Waals surface area contributed by atoms with Gasteiger partial charge in [0, 0.05) is 46.2 Å².